The molecule has 0 fully saturated rings. The number of hydrogen-bond acceptors (Lipinski definition) is 5. The smallest absolute Gasteiger partial charge is 0.195 e. The van der Waals surface area contributed by atoms with Crippen LogP contribution >= 0.6 is 11.3 Å². The molecular formula is C17H17NO3S. The van der Waals surface area contributed by atoms with E-state index in [1.54, 1.807) is 11.3 Å². The monoisotopic (exact) mass is 315 g/mol. The molecule has 0 saturated heterocycles. The van der Waals surface area contributed by atoms with Crippen LogP contribution in [0.1, 0.15) is 0 Å². The Balaban J connectivity index is 2.18. The Hall–Kier alpha value is -1.95. The molecule has 0 aliphatic heterocycles. The van der Waals surface area contributed by atoms with Gasteiger partial charge in [0, 0.05) is 38.9 Å². The van der Waals surface area contributed by atoms with Crippen molar-refractivity contribution in [2.24, 2.45) is 0 Å². The molecule has 3 rings (SSSR count). The van der Waals surface area contributed by atoms with E-state index in [2.05, 4.69) is 0 Å². The average Bonchev–Trinajstić information content (AvgIpc) is 2.55. The Labute approximate surface area is 131 Å². The largest absolute Gasteiger partial charge is 0.395 e. The first kappa shape index (κ1) is 15.0. The zero-order chi connectivity index (χ0) is 15.5. The van der Waals surface area contributed by atoms with E-state index in [1.165, 1.54) is 0 Å². The summed E-state index contributed by atoms with van der Waals surface area (Å²) < 4.78 is 1.93. The van der Waals surface area contributed by atoms with Crippen LogP contribution in [0.5, 0.6) is 0 Å². The van der Waals surface area contributed by atoms with Gasteiger partial charge in [-0.15, -0.1) is 11.3 Å². The van der Waals surface area contributed by atoms with E-state index in [0.717, 1.165) is 20.5 Å². The number of benzene rings is 2. The Kier molecular flexibility index (Phi) is 4.38. The van der Waals surface area contributed by atoms with Crippen LogP contribution in [0.4, 0.5) is 5.69 Å². The molecule has 0 spiro atoms. The molecule has 1 heterocycles. The summed E-state index contributed by atoms with van der Waals surface area (Å²) in [6, 6.07) is 13.3. The van der Waals surface area contributed by atoms with E-state index < -0.39 is 0 Å². The van der Waals surface area contributed by atoms with Crippen LogP contribution in [0.2, 0.25) is 0 Å². The van der Waals surface area contributed by atoms with Crippen molar-refractivity contribution in [3.63, 3.8) is 0 Å². The molecule has 0 unspecified atom stereocenters. The zero-order valence-corrected chi connectivity index (χ0v) is 12.8. The standard InChI is InChI=1S/C17H17NO3S/c19-9-7-18(8-10-20)12-5-6-16-14(11-12)17(21)13-3-1-2-4-15(13)22-16/h1-6,11,19-20H,7-10H2. The van der Waals surface area contributed by atoms with Crippen LogP contribution in [0.25, 0.3) is 20.2 Å². The van der Waals surface area contributed by atoms with Crippen molar-refractivity contribution in [2.45, 2.75) is 0 Å². The first-order valence-electron chi connectivity index (χ1n) is 7.17. The van der Waals surface area contributed by atoms with Gasteiger partial charge in [0.2, 0.25) is 0 Å². The molecule has 1 aromatic heterocycles. The SMILES string of the molecule is O=c1c2ccccc2sc2ccc(N(CCO)CCO)cc12. The molecule has 0 atom stereocenters. The number of nitrogens with zero attached hydrogens (tertiary/aromatic N) is 1. The van der Waals surface area contributed by atoms with Gasteiger partial charge >= 0.3 is 0 Å². The lowest BCUT2D eigenvalue weighted by Crippen LogP contribution is -2.29. The molecule has 5 heteroatoms. The van der Waals surface area contributed by atoms with Crippen molar-refractivity contribution in [1.82, 2.24) is 0 Å². The molecule has 0 aliphatic rings. The van der Waals surface area contributed by atoms with E-state index in [1.807, 2.05) is 47.4 Å². The number of rotatable bonds is 5. The lowest BCUT2D eigenvalue weighted by molar-refractivity contribution is 0.281. The van der Waals surface area contributed by atoms with Gasteiger partial charge < -0.3 is 15.1 Å². The second kappa shape index (κ2) is 6.44. The van der Waals surface area contributed by atoms with Crippen LogP contribution in [0.15, 0.2) is 47.3 Å². The molecule has 0 saturated carbocycles. The second-order valence-electron chi connectivity index (χ2n) is 5.04. The Morgan fingerprint density at radius 3 is 2.32 bits per heavy atom. The van der Waals surface area contributed by atoms with Crippen molar-refractivity contribution < 1.29 is 10.2 Å². The molecule has 3 aromatic rings. The summed E-state index contributed by atoms with van der Waals surface area (Å²) in [5, 5.41) is 19.7. The van der Waals surface area contributed by atoms with Crippen LogP contribution in [0.3, 0.4) is 0 Å². The quantitative estimate of drug-likeness (QED) is 0.709. The van der Waals surface area contributed by atoms with Crippen LogP contribution in [0, 0.1) is 0 Å². The number of aliphatic hydroxyl groups is 2. The summed E-state index contributed by atoms with van der Waals surface area (Å²) in [6.45, 7) is 0.861. The van der Waals surface area contributed by atoms with Crippen molar-refractivity contribution in [3.8, 4) is 0 Å². The first-order chi connectivity index (χ1) is 10.7. The van der Waals surface area contributed by atoms with Gasteiger partial charge in [0.05, 0.1) is 13.2 Å². The minimum Gasteiger partial charge on any atom is -0.395 e. The lowest BCUT2D eigenvalue weighted by Gasteiger charge is -2.23. The van der Waals surface area contributed by atoms with Gasteiger partial charge in [0.15, 0.2) is 5.43 Å². The first-order valence-corrected chi connectivity index (χ1v) is 7.98. The topological polar surface area (TPSA) is 60.8 Å². The van der Waals surface area contributed by atoms with Gasteiger partial charge in [0.1, 0.15) is 0 Å². The molecule has 114 valence electrons. The normalized spacial score (nSPS) is 11.2. The molecule has 2 N–H and O–H groups in total. The third-order valence-corrected chi connectivity index (χ3v) is 4.82. The zero-order valence-electron chi connectivity index (χ0n) is 12.0. The van der Waals surface area contributed by atoms with E-state index in [4.69, 9.17) is 10.2 Å². The highest BCUT2D eigenvalue weighted by Gasteiger charge is 2.10. The van der Waals surface area contributed by atoms with E-state index in [0.29, 0.717) is 18.5 Å². The van der Waals surface area contributed by atoms with E-state index in [-0.39, 0.29) is 18.6 Å². The second-order valence-corrected chi connectivity index (χ2v) is 6.13. The predicted molar refractivity (Wildman–Crippen MR) is 92.0 cm³/mol. The van der Waals surface area contributed by atoms with Crippen molar-refractivity contribution in [2.75, 3.05) is 31.2 Å². The highest BCUT2D eigenvalue weighted by Crippen LogP contribution is 2.27. The van der Waals surface area contributed by atoms with Crippen molar-refractivity contribution in [3.05, 3.63) is 52.7 Å². The minimum absolute atomic E-state index is 0.00259. The van der Waals surface area contributed by atoms with Gasteiger partial charge in [0.25, 0.3) is 0 Å². The Bertz CT molecular complexity index is 853. The molecule has 2 aromatic carbocycles. The van der Waals surface area contributed by atoms with Crippen molar-refractivity contribution in [1.29, 1.82) is 0 Å². The number of fused-ring (bicyclic) bond motifs is 2. The van der Waals surface area contributed by atoms with Gasteiger partial charge in [-0.1, -0.05) is 12.1 Å². The fourth-order valence-corrected chi connectivity index (χ4v) is 3.65. The van der Waals surface area contributed by atoms with Gasteiger partial charge in [-0.2, -0.15) is 0 Å². The van der Waals surface area contributed by atoms with Crippen LogP contribution in [-0.4, -0.2) is 36.5 Å². The van der Waals surface area contributed by atoms with Crippen LogP contribution in [-0.2, 0) is 0 Å². The number of anilines is 1. The molecule has 0 amide bonds. The lowest BCUT2D eigenvalue weighted by atomic mass is 10.1. The fraction of sp³-hybridized carbons (Fsp3) is 0.235. The minimum atomic E-state index is 0.00259. The van der Waals surface area contributed by atoms with Crippen molar-refractivity contribution >= 4 is 37.2 Å². The number of aliphatic hydroxyl groups excluding tert-OH is 2. The highest BCUT2D eigenvalue weighted by molar-refractivity contribution is 7.24. The summed E-state index contributed by atoms with van der Waals surface area (Å²) in [6.07, 6.45) is 0. The highest BCUT2D eigenvalue weighted by atomic mass is 32.1. The van der Waals surface area contributed by atoms with E-state index in [9.17, 15) is 4.79 Å². The molecule has 0 bridgehead atoms. The average molecular weight is 315 g/mol. The molecular weight excluding hydrogens is 298 g/mol. The summed E-state index contributed by atoms with van der Waals surface area (Å²) in [5.74, 6) is 0. The third kappa shape index (κ3) is 2.70. The van der Waals surface area contributed by atoms with Crippen LogP contribution < -0.4 is 10.3 Å². The summed E-state index contributed by atoms with van der Waals surface area (Å²) in [7, 11) is 0. The van der Waals surface area contributed by atoms with E-state index >= 15 is 0 Å². The molecule has 0 radical (unpaired) electrons. The van der Waals surface area contributed by atoms with Gasteiger partial charge in [-0.05, 0) is 30.3 Å². The third-order valence-electron chi connectivity index (χ3n) is 3.66. The fourth-order valence-electron chi connectivity index (χ4n) is 2.60. The maximum atomic E-state index is 12.7. The number of hydrogen-bond donors (Lipinski definition) is 2. The van der Waals surface area contributed by atoms with Gasteiger partial charge in [-0.25, -0.2) is 0 Å². The molecule has 4 nitrogen and oxygen atoms in total. The Morgan fingerprint density at radius 2 is 1.59 bits per heavy atom. The summed E-state index contributed by atoms with van der Waals surface area (Å²) >= 11 is 1.60. The molecule has 22 heavy (non-hydrogen) atoms. The van der Waals surface area contributed by atoms with Gasteiger partial charge in [-0.3, -0.25) is 4.79 Å². The predicted octanol–water partition coefficient (Wildman–Crippen LogP) is 2.21. The summed E-state index contributed by atoms with van der Waals surface area (Å²) in [4.78, 5) is 14.5. The maximum absolute atomic E-state index is 12.7. The Morgan fingerprint density at radius 1 is 0.909 bits per heavy atom. The molecule has 0 aliphatic carbocycles. The summed E-state index contributed by atoms with van der Waals surface area (Å²) in [5.41, 5.74) is 0.870. The maximum Gasteiger partial charge on any atom is 0.195 e.